The van der Waals surface area contributed by atoms with Crippen LogP contribution in [0.15, 0.2) is 66.8 Å². The number of aryl methyl sites for hydroxylation is 1. The van der Waals surface area contributed by atoms with Gasteiger partial charge in [-0.05, 0) is 30.2 Å². The van der Waals surface area contributed by atoms with Crippen LogP contribution in [0.25, 0.3) is 0 Å². The molecule has 1 aliphatic carbocycles. The van der Waals surface area contributed by atoms with Crippen molar-refractivity contribution in [3.05, 3.63) is 87.9 Å². The van der Waals surface area contributed by atoms with E-state index < -0.39 is 0 Å². The van der Waals surface area contributed by atoms with Gasteiger partial charge in [-0.3, -0.25) is 0 Å². The molecule has 0 bridgehead atoms. The summed E-state index contributed by atoms with van der Waals surface area (Å²) in [5.74, 6) is 0.801. The first-order valence-electron chi connectivity index (χ1n) is 7.77. The van der Waals surface area contributed by atoms with E-state index in [-0.39, 0.29) is 11.0 Å². The lowest BCUT2D eigenvalue weighted by Crippen LogP contribution is -1.94. The first kappa shape index (κ1) is 15.8. The van der Waals surface area contributed by atoms with E-state index in [9.17, 15) is 4.39 Å². The summed E-state index contributed by atoms with van der Waals surface area (Å²) in [4.78, 5) is 0.899. The Hall–Kier alpha value is -2.13. The third kappa shape index (κ3) is 3.99. The van der Waals surface area contributed by atoms with Gasteiger partial charge in [0.25, 0.3) is 0 Å². The van der Waals surface area contributed by atoms with E-state index in [0.29, 0.717) is 12.2 Å². The summed E-state index contributed by atoms with van der Waals surface area (Å²) in [6.07, 6.45) is 12.8. The van der Waals surface area contributed by atoms with Gasteiger partial charge in [-0.25, -0.2) is 0 Å². The van der Waals surface area contributed by atoms with Crippen LogP contribution in [0, 0.1) is 5.13 Å². The Morgan fingerprint density at radius 1 is 1.04 bits per heavy atom. The molecule has 0 fully saturated rings. The van der Waals surface area contributed by atoms with Gasteiger partial charge >= 0.3 is 0 Å². The molecule has 1 aromatic heterocycles. The molecule has 1 heterocycles. The van der Waals surface area contributed by atoms with Crippen LogP contribution in [0.2, 0.25) is 0 Å². The summed E-state index contributed by atoms with van der Waals surface area (Å²) in [5, 5.41) is -0.133. The van der Waals surface area contributed by atoms with Crippen molar-refractivity contribution in [1.29, 1.82) is 0 Å². The quantitative estimate of drug-likeness (QED) is 0.675. The standard InChI is InChI=1S/C20H19FOS/c1-2-15-9-11-17(12-10-15)22-14-18-13-19(20(21)23-18)16-7-5-3-4-6-8-16/h3-13,16H,2,14H2,1H3. The van der Waals surface area contributed by atoms with E-state index in [0.717, 1.165) is 28.4 Å². The second-order valence-electron chi connectivity index (χ2n) is 5.41. The Labute approximate surface area is 140 Å². The molecule has 118 valence electrons. The van der Waals surface area contributed by atoms with E-state index in [4.69, 9.17) is 4.74 Å². The zero-order chi connectivity index (χ0) is 16.1. The molecule has 0 radical (unpaired) electrons. The van der Waals surface area contributed by atoms with Crippen LogP contribution in [0.3, 0.4) is 0 Å². The molecule has 3 heteroatoms. The Balaban J connectivity index is 1.68. The van der Waals surface area contributed by atoms with Crippen LogP contribution < -0.4 is 4.74 Å². The van der Waals surface area contributed by atoms with Crippen LogP contribution >= 0.6 is 11.3 Å². The fourth-order valence-electron chi connectivity index (χ4n) is 2.48. The minimum atomic E-state index is -0.133. The highest BCUT2D eigenvalue weighted by Crippen LogP contribution is 2.30. The van der Waals surface area contributed by atoms with Gasteiger partial charge in [0.2, 0.25) is 0 Å². The second-order valence-corrected chi connectivity index (χ2v) is 6.50. The SMILES string of the molecule is CCc1ccc(OCc2cc(C3C=CC=CC=C3)c(F)s2)cc1. The van der Waals surface area contributed by atoms with E-state index in [1.807, 2.05) is 54.7 Å². The topological polar surface area (TPSA) is 9.23 Å². The molecular weight excluding hydrogens is 307 g/mol. The first-order valence-corrected chi connectivity index (χ1v) is 8.59. The van der Waals surface area contributed by atoms with Crippen LogP contribution in [-0.4, -0.2) is 0 Å². The van der Waals surface area contributed by atoms with Crippen LogP contribution in [-0.2, 0) is 13.0 Å². The number of hydrogen-bond acceptors (Lipinski definition) is 2. The predicted octanol–water partition coefficient (Wildman–Crippen LogP) is 5.79. The molecule has 1 aromatic carbocycles. The largest absolute Gasteiger partial charge is 0.488 e. The van der Waals surface area contributed by atoms with Crippen LogP contribution in [0.1, 0.15) is 28.8 Å². The van der Waals surface area contributed by atoms with Gasteiger partial charge in [-0.15, -0.1) is 11.3 Å². The number of halogens is 1. The molecule has 1 nitrogen and oxygen atoms in total. The third-order valence-electron chi connectivity index (χ3n) is 3.81. The molecule has 0 amide bonds. The highest BCUT2D eigenvalue weighted by Gasteiger charge is 2.15. The van der Waals surface area contributed by atoms with E-state index in [1.165, 1.54) is 5.56 Å². The van der Waals surface area contributed by atoms with Crippen molar-refractivity contribution in [2.75, 3.05) is 0 Å². The molecule has 0 spiro atoms. The maximum Gasteiger partial charge on any atom is 0.180 e. The van der Waals surface area contributed by atoms with Gasteiger partial charge < -0.3 is 4.74 Å². The normalized spacial score (nSPS) is 14.2. The van der Waals surface area contributed by atoms with Gasteiger partial charge in [-0.1, -0.05) is 55.5 Å². The van der Waals surface area contributed by atoms with Gasteiger partial charge in [0.15, 0.2) is 5.13 Å². The molecule has 0 saturated heterocycles. The highest BCUT2D eigenvalue weighted by molar-refractivity contribution is 7.10. The number of rotatable bonds is 5. The Kier molecular flexibility index (Phi) is 5.09. The van der Waals surface area contributed by atoms with Crippen molar-refractivity contribution >= 4 is 11.3 Å². The molecule has 1 aliphatic rings. The Morgan fingerprint density at radius 2 is 1.74 bits per heavy atom. The van der Waals surface area contributed by atoms with Crippen LogP contribution in [0.5, 0.6) is 5.75 Å². The van der Waals surface area contributed by atoms with Crippen molar-refractivity contribution < 1.29 is 9.13 Å². The van der Waals surface area contributed by atoms with E-state index in [1.54, 1.807) is 0 Å². The molecule has 2 aromatic rings. The molecule has 0 atom stereocenters. The number of hydrogen-bond donors (Lipinski definition) is 0. The molecule has 0 N–H and O–H groups in total. The van der Waals surface area contributed by atoms with E-state index in [2.05, 4.69) is 19.1 Å². The van der Waals surface area contributed by atoms with Crippen molar-refractivity contribution in [2.24, 2.45) is 0 Å². The molecule has 0 aliphatic heterocycles. The van der Waals surface area contributed by atoms with Crippen molar-refractivity contribution in [3.8, 4) is 5.75 Å². The molecule has 3 rings (SSSR count). The maximum absolute atomic E-state index is 14.2. The smallest absolute Gasteiger partial charge is 0.180 e. The average molecular weight is 326 g/mol. The number of thiophene rings is 1. The fraction of sp³-hybridized carbons (Fsp3) is 0.200. The summed E-state index contributed by atoms with van der Waals surface area (Å²) in [7, 11) is 0. The summed E-state index contributed by atoms with van der Waals surface area (Å²) in [6.45, 7) is 2.52. The molecule has 23 heavy (non-hydrogen) atoms. The summed E-state index contributed by atoms with van der Waals surface area (Å²) < 4.78 is 20.0. The van der Waals surface area contributed by atoms with E-state index >= 15 is 0 Å². The average Bonchev–Trinajstić information content (AvgIpc) is 2.78. The predicted molar refractivity (Wildman–Crippen MR) is 94.6 cm³/mol. The number of allylic oxidation sites excluding steroid dienone is 6. The van der Waals surface area contributed by atoms with Gasteiger partial charge in [0.1, 0.15) is 12.4 Å². The zero-order valence-corrected chi connectivity index (χ0v) is 13.9. The maximum atomic E-state index is 14.2. The second kappa shape index (κ2) is 7.42. The summed E-state index contributed by atoms with van der Waals surface area (Å²) in [6, 6.07) is 9.96. The van der Waals surface area contributed by atoms with Gasteiger partial charge in [0, 0.05) is 16.4 Å². The molecule has 0 unspecified atom stereocenters. The lowest BCUT2D eigenvalue weighted by Gasteiger charge is -2.05. The van der Waals surface area contributed by atoms with Crippen molar-refractivity contribution in [2.45, 2.75) is 25.9 Å². The summed E-state index contributed by atoms with van der Waals surface area (Å²) in [5.41, 5.74) is 1.99. The van der Waals surface area contributed by atoms with Gasteiger partial charge in [0.05, 0.1) is 0 Å². The minimum absolute atomic E-state index is 0.0150. The van der Waals surface area contributed by atoms with Crippen molar-refractivity contribution in [3.63, 3.8) is 0 Å². The number of benzene rings is 1. The lowest BCUT2D eigenvalue weighted by molar-refractivity contribution is 0.309. The fourth-order valence-corrected chi connectivity index (χ4v) is 3.32. The minimum Gasteiger partial charge on any atom is -0.488 e. The lowest BCUT2D eigenvalue weighted by atomic mass is 10.0. The Morgan fingerprint density at radius 3 is 2.39 bits per heavy atom. The molecule has 0 saturated carbocycles. The first-order chi connectivity index (χ1) is 11.3. The van der Waals surface area contributed by atoms with Crippen LogP contribution in [0.4, 0.5) is 4.39 Å². The Bertz CT molecular complexity index is 722. The monoisotopic (exact) mass is 326 g/mol. The third-order valence-corrected chi connectivity index (χ3v) is 4.72. The molecular formula is C20H19FOS. The zero-order valence-electron chi connectivity index (χ0n) is 13.0. The highest BCUT2D eigenvalue weighted by atomic mass is 32.1. The summed E-state index contributed by atoms with van der Waals surface area (Å²) >= 11 is 1.16. The van der Waals surface area contributed by atoms with Crippen molar-refractivity contribution in [1.82, 2.24) is 0 Å². The number of ether oxygens (including phenoxy) is 1. The van der Waals surface area contributed by atoms with Gasteiger partial charge in [-0.2, -0.15) is 4.39 Å².